The third-order valence-electron chi connectivity index (χ3n) is 3.86. The molecule has 1 aliphatic heterocycles. The van der Waals surface area contributed by atoms with Crippen LogP contribution in [0.2, 0.25) is 0 Å². The second kappa shape index (κ2) is 6.82. The summed E-state index contributed by atoms with van der Waals surface area (Å²) in [4.78, 5) is 12.8. The zero-order chi connectivity index (χ0) is 16.4. The first-order valence-electron chi connectivity index (χ1n) is 7.54. The number of aromatic nitrogens is 1. The van der Waals surface area contributed by atoms with Crippen LogP contribution in [-0.4, -0.2) is 29.7 Å². The minimum atomic E-state index is -0.194. The number of benzene rings is 1. The van der Waals surface area contributed by atoms with E-state index < -0.39 is 0 Å². The fraction of sp³-hybridized carbons (Fsp3) is 0.375. The molecule has 1 amide bonds. The summed E-state index contributed by atoms with van der Waals surface area (Å²) in [6.45, 7) is 3.29. The molecule has 1 fully saturated rings. The molecule has 5 nitrogen and oxygen atoms in total. The molecule has 0 radical (unpaired) electrons. The highest BCUT2D eigenvalue weighted by atomic mass is 32.1. The lowest BCUT2D eigenvalue weighted by atomic mass is 10.2. The highest BCUT2D eigenvalue weighted by Crippen LogP contribution is 2.26. The van der Waals surface area contributed by atoms with Gasteiger partial charge in [-0.2, -0.15) is 0 Å². The molecule has 0 aliphatic carbocycles. The Bertz CT molecular complexity index is 759. The van der Waals surface area contributed by atoms with Gasteiger partial charge in [0.15, 0.2) is 3.95 Å². The lowest BCUT2D eigenvalue weighted by Crippen LogP contribution is -2.31. The van der Waals surface area contributed by atoms with Gasteiger partial charge in [-0.15, -0.1) is 0 Å². The van der Waals surface area contributed by atoms with Crippen LogP contribution in [0, 0.1) is 10.9 Å². The maximum Gasteiger partial charge on any atom is 0.265 e. The summed E-state index contributed by atoms with van der Waals surface area (Å²) in [7, 11) is 0. The van der Waals surface area contributed by atoms with E-state index in [-0.39, 0.29) is 12.0 Å². The van der Waals surface area contributed by atoms with Gasteiger partial charge in [0.25, 0.3) is 5.91 Å². The van der Waals surface area contributed by atoms with E-state index in [9.17, 15) is 4.79 Å². The molecule has 0 bridgehead atoms. The molecule has 2 aromatic rings. The Labute approximate surface area is 144 Å². The predicted octanol–water partition coefficient (Wildman–Crippen LogP) is 3.07. The van der Waals surface area contributed by atoms with Crippen molar-refractivity contribution in [3.05, 3.63) is 38.7 Å². The van der Waals surface area contributed by atoms with Crippen LogP contribution < -0.4 is 11.1 Å². The predicted molar refractivity (Wildman–Crippen MR) is 94.9 cm³/mol. The van der Waals surface area contributed by atoms with E-state index in [1.807, 2.05) is 31.2 Å². The molecule has 1 saturated heterocycles. The topological polar surface area (TPSA) is 69.3 Å². The van der Waals surface area contributed by atoms with Gasteiger partial charge in [0.2, 0.25) is 0 Å². The molecule has 0 unspecified atom stereocenters. The average molecular weight is 349 g/mol. The van der Waals surface area contributed by atoms with Crippen LogP contribution in [0.5, 0.6) is 0 Å². The minimum Gasteiger partial charge on any atom is -0.383 e. The highest BCUT2D eigenvalue weighted by molar-refractivity contribution is 7.73. The first-order chi connectivity index (χ1) is 11.1. The van der Waals surface area contributed by atoms with E-state index in [0.717, 1.165) is 30.7 Å². The largest absolute Gasteiger partial charge is 0.383 e. The number of carbonyl (C=O) groups excluding carboxylic acids is 1. The molecule has 2 heterocycles. The zero-order valence-corrected chi connectivity index (χ0v) is 14.5. The molecule has 0 spiro atoms. The first kappa shape index (κ1) is 16.2. The van der Waals surface area contributed by atoms with Gasteiger partial charge in [-0.25, -0.2) is 0 Å². The Kier molecular flexibility index (Phi) is 4.79. The molecule has 1 aromatic heterocycles. The maximum atomic E-state index is 12.4. The Hall–Kier alpha value is -1.70. The second-order valence-electron chi connectivity index (χ2n) is 5.60. The Morgan fingerprint density at radius 3 is 2.87 bits per heavy atom. The smallest absolute Gasteiger partial charge is 0.265 e. The summed E-state index contributed by atoms with van der Waals surface area (Å²) in [5, 5.41) is 2.89. The molecular formula is C16H19N3O2S2. The number of anilines is 1. The Balaban J connectivity index is 1.80. The number of rotatable bonds is 4. The highest BCUT2D eigenvalue weighted by Gasteiger charge is 2.21. The van der Waals surface area contributed by atoms with Crippen molar-refractivity contribution < 1.29 is 9.53 Å². The van der Waals surface area contributed by atoms with Crippen molar-refractivity contribution in [1.29, 1.82) is 0 Å². The minimum absolute atomic E-state index is 0.104. The van der Waals surface area contributed by atoms with Gasteiger partial charge in [-0.05, 0) is 44.1 Å². The quantitative estimate of drug-likeness (QED) is 0.833. The summed E-state index contributed by atoms with van der Waals surface area (Å²) in [6, 6.07) is 7.88. The normalized spacial score (nSPS) is 17.3. The van der Waals surface area contributed by atoms with Crippen LogP contribution in [0.4, 0.5) is 5.82 Å². The lowest BCUT2D eigenvalue weighted by molar-refractivity contribution is 0.0861. The molecule has 1 aliphatic rings. The third-order valence-corrected chi connectivity index (χ3v) is 5.25. The molecule has 1 aromatic carbocycles. The first-order valence-corrected chi connectivity index (χ1v) is 8.77. The summed E-state index contributed by atoms with van der Waals surface area (Å²) in [6.07, 6.45) is 2.13. The van der Waals surface area contributed by atoms with Crippen molar-refractivity contribution in [2.24, 2.45) is 0 Å². The van der Waals surface area contributed by atoms with Gasteiger partial charge in [0.1, 0.15) is 10.7 Å². The monoisotopic (exact) mass is 349 g/mol. The van der Waals surface area contributed by atoms with Crippen molar-refractivity contribution in [3.63, 3.8) is 0 Å². The van der Waals surface area contributed by atoms with Crippen LogP contribution in [-0.2, 0) is 4.74 Å². The number of thiazole rings is 1. The van der Waals surface area contributed by atoms with Gasteiger partial charge >= 0.3 is 0 Å². The van der Waals surface area contributed by atoms with Crippen molar-refractivity contribution in [2.75, 3.05) is 18.9 Å². The molecule has 3 rings (SSSR count). The standard InChI is InChI=1S/C16H19N3O2S2/c1-10-4-6-11(7-5-10)19-14(17)13(23-16(19)22)15(20)18-9-12-3-2-8-21-12/h4-7,12H,2-3,8-9,17H2,1H3,(H,18,20)/t12-/m1/s1. The van der Waals surface area contributed by atoms with Crippen LogP contribution in [0.1, 0.15) is 28.1 Å². The van der Waals surface area contributed by atoms with E-state index in [1.54, 1.807) is 4.57 Å². The molecule has 0 saturated carbocycles. The number of ether oxygens (including phenoxy) is 1. The number of amides is 1. The van der Waals surface area contributed by atoms with Crippen molar-refractivity contribution in [2.45, 2.75) is 25.9 Å². The van der Waals surface area contributed by atoms with Crippen LogP contribution in [0.3, 0.4) is 0 Å². The summed E-state index contributed by atoms with van der Waals surface area (Å²) >= 11 is 6.61. The number of nitrogens with two attached hydrogens (primary N) is 1. The number of nitrogen functional groups attached to an aromatic ring is 1. The molecule has 7 heteroatoms. The SMILES string of the molecule is Cc1ccc(-n2c(N)c(C(=O)NC[C@H]3CCCO3)sc2=S)cc1. The second-order valence-corrected chi connectivity index (χ2v) is 7.24. The number of carbonyl (C=O) groups is 1. The number of nitrogens with zero attached hydrogens (tertiary/aromatic N) is 1. The third kappa shape index (κ3) is 3.46. The Morgan fingerprint density at radius 2 is 2.22 bits per heavy atom. The summed E-state index contributed by atoms with van der Waals surface area (Å²) in [5.41, 5.74) is 8.20. The van der Waals surface area contributed by atoms with Crippen LogP contribution in [0.15, 0.2) is 24.3 Å². The number of nitrogens with one attached hydrogen (secondary N) is 1. The summed E-state index contributed by atoms with van der Waals surface area (Å²) in [5.74, 6) is 0.189. The number of hydrogen-bond acceptors (Lipinski definition) is 5. The lowest BCUT2D eigenvalue weighted by Gasteiger charge is -2.10. The van der Waals surface area contributed by atoms with Crippen LogP contribution in [0.25, 0.3) is 5.69 Å². The Morgan fingerprint density at radius 1 is 1.48 bits per heavy atom. The van der Waals surface area contributed by atoms with E-state index in [2.05, 4.69) is 5.32 Å². The van der Waals surface area contributed by atoms with E-state index in [1.165, 1.54) is 11.3 Å². The summed E-state index contributed by atoms with van der Waals surface area (Å²) < 4.78 is 7.81. The van der Waals surface area contributed by atoms with Crippen LogP contribution >= 0.6 is 23.6 Å². The van der Waals surface area contributed by atoms with E-state index >= 15 is 0 Å². The van der Waals surface area contributed by atoms with Gasteiger partial charge in [-0.1, -0.05) is 29.0 Å². The molecule has 3 N–H and O–H groups in total. The van der Waals surface area contributed by atoms with Crippen molar-refractivity contribution >= 4 is 35.3 Å². The van der Waals surface area contributed by atoms with Crippen molar-refractivity contribution in [3.8, 4) is 5.69 Å². The van der Waals surface area contributed by atoms with Crippen molar-refractivity contribution in [1.82, 2.24) is 9.88 Å². The van der Waals surface area contributed by atoms with E-state index in [4.69, 9.17) is 22.7 Å². The fourth-order valence-corrected chi connectivity index (χ4v) is 3.86. The van der Waals surface area contributed by atoms with Gasteiger partial charge in [0.05, 0.1) is 6.10 Å². The number of aryl methyl sites for hydroxylation is 1. The molecule has 122 valence electrons. The fourth-order valence-electron chi connectivity index (χ4n) is 2.58. The number of hydrogen-bond donors (Lipinski definition) is 2. The van der Waals surface area contributed by atoms with Gasteiger partial charge < -0.3 is 15.8 Å². The van der Waals surface area contributed by atoms with E-state index in [0.29, 0.717) is 21.2 Å². The average Bonchev–Trinajstić information content (AvgIpc) is 3.14. The van der Waals surface area contributed by atoms with Gasteiger partial charge in [0, 0.05) is 18.8 Å². The molecular weight excluding hydrogens is 330 g/mol. The molecule has 23 heavy (non-hydrogen) atoms. The zero-order valence-electron chi connectivity index (χ0n) is 12.9. The maximum absolute atomic E-state index is 12.4. The van der Waals surface area contributed by atoms with Gasteiger partial charge in [-0.3, -0.25) is 9.36 Å². The molecule has 1 atom stereocenters.